The van der Waals surface area contributed by atoms with Crippen LogP contribution < -0.4 is 10.8 Å². The predicted molar refractivity (Wildman–Crippen MR) is 78.8 cm³/mol. The molecule has 1 atom stereocenters. The van der Waals surface area contributed by atoms with Crippen LogP contribution >= 0.6 is 0 Å². The van der Waals surface area contributed by atoms with Gasteiger partial charge in [-0.2, -0.15) is 5.10 Å². The van der Waals surface area contributed by atoms with Crippen LogP contribution in [0.15, 0.2) is 12.3 Å². The van der Waals surface area contributed by atoms with Crippen molar-refractivity contribution in [3.63, 3.8) is 0 Å². The minimum absolute atomic E-state index is 0.0472. The summed E-state index contributed by atoms with van der Waals surface area (Å²) in [6.45, 7) is 9.41. The molecule has 0 amide bonds. The molecule has 2 fully saturated rings. The Kier molecular flexibility index (Phi) is 3.43. The number of hydrogen-bond donors (Lipinski definition) is 1. The van der Waals surface area contributed by atoms with Gasteiger partial charge in [-0.15, -0.1) is 0 Å². The molecule has 0 radical (unpaired) electrons. The second-order valence-electron chi connectivity index (χ2n) is 6.80. The first-order valence-electron chi connectivity index (χ1n) is 7.51. The van der Waals surface area contributed by atoms with Gasteiger partial charge in [-0.1, -0.05) is 0 Å². The van der Waals surface area contributed by atoms with E-state index in [9.17, 15) is 0 Å². The number of nitrogens with zero attached hydrogens (tertiary/aromatic N) is 2. The maximum absolute atomic E-state index is 6.21. The summed E-state index contributed by atoms with van der Waals surface area (Å²) in [6.07, 6.45) is 5.24. The van der Waals surface area contributed by atoms with Crippen molar-refractivity contribution in [1.82, 2.24) is 15.0 Å². The maximum Gasteiger partial charge on any atom is 0.436 e. The first-order valence-corrected chi connectivity index (χ1v) is 7.51. The Labute approximate surface area is 121 Å². The summed E-state index contributed by atoms with van der Waals surface area (Å²) in [5, 5.41) is 8.02. The van der Waals surface area contributed by atoms with Crippen LogP contribution in [0.25, 0.3) is 0 Å². The number of hydrogen-bond acceptors (Lipinski definition) is 4. The van der Waals surface area contributed by atoms with Gasteiger partial charge in [-0.3, -0.25) is 0 Å². The van der Waals surface area contributed by atoms with E-state index < -0.39 is 0 Å². The van der Waals surface area contributed by atoms with E-state index in [0.717, 1.165) is 25.0 Å². The van der Waals surface area contributed by atoms with E-state index in [2.05, 4.69) is 38.0 Å². The highest BCUT2D eigenvalue weighted by molar-refractivity contribution is 6.65. The summed E-state index contributed by atoms with van der Waals surface area (Å²) >= 11 is 0. The van der Waals surface area contributed by atoms with E-state index in [1.807, 2.05) is 16.9 Å². The number of ether oxygens (including phenoxy) is 1. The zero-order valence-corrected chi connectivity index (χ0v) is 12.8. The van der Waals surface area contributed by atoms with Gasteiger partial charge >= 0.3 is 7.05 Å². The lowest BCUT2D eigenvalue weighted by Gasteiger charge is -2.33. The highest BCUT2D eigenvalue weighted by Gasteiger charge is 2.51. The minimum atomic E-state index is -0.222. The van der Waals surface area contributed by atoms with Crippen LogP contribution in [-0.2, 0) is 9.39 Å². The van der Waals surface area contributed by atoms with E-state index in [1.165, 1.54) is 6.42 Å². The van der Waals surface area contributed by atoms with Gasteiger partial charge in [0.25, 0.3) is 0 Å². The Bertz CT molecular complexity index is 465. The highest BCUT2D eigenvalue weighted by atomic mass is 16.5. The molecule has 0 aromatic carbocycles. The van der Waals surface area contributed by atoms with Crippen molar-refractivity contribution in [2.45, 2.75) is 64.3 Å². The lowest BCUT2D eigenvalue weighted by atomic mass is 9.77. The summed E-state index contributed by atoms with van der Waals surface area (Å²) in [4.78, 5) is 0. The molecule has 0 saturated carbocycles. The van der Waals surface area contributed by atoms with E-state index in [0.29, 0.717) is 0 Å². The van der Waals surface area contributed by atoms with Crippen molar-refractivity contribution in [3.05, 3.63) is 12.3 Å². The molecule has 2 aliphatic rings. The first-order chi connectivity index (χ1) is 9.41. The predicted octanol–water partition coefficient (Wildman–Crippen LogP) is 1.45. The minimum Gasteiger partial charge on any atom is -0.410 e. The molecule has 1 unspecified atom stereocenters. The molecule has 2 saturated heterocycles. The molecule has 20 heavy (non-hydrogen) atoms. The quantitative estimate of drug-likeness (QED) is 0.831. The Hall–Kier alpha value is -0.845. The third-order valence-electron chi connectivity index (χ3n) is 4.81. The maximum atomic E-state index is 6.21. The van der Waals surface area contributed by atoms with E-state index in [4.69, 9.17) is 9.39 Å². The fourth-order valence-corrected chi connectivity index (χ4v) is 2.80. The van der Waals surface area contributed by atoms with Crippen LogP contribution in [0.4, 0.5) is 0 Å². The van der Waals surface area contributed by atoms with Gasteiger partial charge in [0.15, 0.2) is 0 Å². The number of nitrogens with one attached hydrogen (secondary N) is 1. The second kappa shape index (κ2) is 4.86. The summed E-state index contributed by atoms with van der Waals surface area (Å²) < 4.78 is 14.0. The average Bonchev–Trinajstić information content (AvgIpc) is 2.94. The Morgan fingerprint density at radius 1 is 1.35 bits per heavy atom. The third-order valence-corrected chi connectivity index (χ3v) is 4.81. The zero-order valence-electron chi connectivity index (χ0n) is 12.8. The lowest BCUT2D eigenvalue weighted by Crippen LogP contribution is -2.53. The molecule has 1 aromatic rings. The van der Waals surface area contributed by atoms with Crippen molar-refractivity contribution >= 4 is 12.6 Å². The largest absolute Gasteiger partial charge is 0.436 e. The summed E-state index contributed by atoms with van der Waals surface area (Å²) in [7, 11) is -0.131. The molecular weight excluding hydrogens is 253 g/mol. The Morgan fingerprint density at radius 2 is 2.15 bits per heavy atom. The fourth-order valence-electron chi connectivity index (χ4n) is 2.80. The molecule has 3 rings (SSSR count). The average molecular weight is 277 g/mol. The van der Waals surface area contributed by atoms with Crippen LogP contribution in [-0.4, -0.2) is 34.6 Å². The number of aromatic nitrogens is 2. The van der Waals surface area contributed by atoms with E-state index in [-0.39, 0.29) is 24.4 Å². The molecule has 110 valence electrons. The van der Waals surface area contributed by atoms with Crippen LogP contribution in [0.5, 0.6) is 0 Å². The van der Waals surface area contributed by atoms with Gasteiger partial charge in [0.05, 0.1) is 11.2 Å². The monoisotopic (exact) mass is 277 g/mol. The molecule has 0 aliphatic carbocycles. The van der Waals surface area contributed by atoms with Crippen molar-refractivity contribution in [2.75, 3.05) is 6.61 Å². The van der Waals surface area contributed by atoms with Crippen LogP contribution in [0.3, 0.4) is 0 Å². The van der Waals surface area contributed by atoms with Gasteiger partial charge < -0.3 is 14.6 Å². The highest BCUT2D eigenvalue weighted by Crippen LogP contribution is 2.31. The smallest absolute Gasteiger partial charge is 0.410 e. The molecule has 3 heterocycles. The summed E-state index contributed by atoms with van der Waals surface area (Å²) in [5.41, 5.74) is 0.746. The summed E-state index contributed by atoms with van der Waals surface area (Å²) in [5.74, 6) is 0. The second-order valence-corrected chi connectivity index (χ2v) is 6.80. The Morgan fingerprint density at radius 3 is 2.75 bits per heavy atom. The molecule has 5 nitrogen and oxygen atoms in total. The van der Waals surface area contributed by atoms with Crippen molar-refractivity contribution in [1.29, 1.82) is 0 Å². The van der Waals surface area contributed by atoms with Crippen LogP contribution in [0, 0.1) is 0 Å². The molecule has 1 N–H and O–H groups in total. The topological polar surface area (TPSA) is 48.3 Å². The van der Waals surface area contributed by atoms with Gasteiger partial charge in [0, 0.05) is 18.3 Å². The number of rotatable bonds is 2. The summed E-state index contributed by atoms with van der Waals surface area (Å²) in [6, 6.07) is 2.02. The zero-order chi connectivity index (χ0) is 14.4. The molecule has 1 aromatic heterocycles. The van der Waals surface area contributed by atoms with Crippen molar-refractivity contribution < 1.29 is 9.39 Å². The van der Waals surface area contributed by atoms with E-state index >= 15 is 0 Å². The van der Waals surface area contributed by atoms with Crippen LogP contribution in [0.1, 0.15) is 53.2 Å². The fraction of sp³-hybridized carbons (Fsp3) is 0.786. The molecular formula is C14H24BN3O2. The van der Waals surface area contributed by atoms with Crippen molar-refractivity contribution in [2.24, 2.45) is 0 Å². The normalized spacial score (nSPS) is 28.8. The molecule has 2 aliphatic heterocycles. The SMILES string of the molecule is CC1(C)NB(c2ccnn2C2CCCCO2)OC1(C)C. The first kappa shape index (κ1) is 14.1. The molecule has 6 heteroatoms. The standard InChI is InChI=1S/C14H24BN3O2/c1-13(2)14(3,4)20-15(17-13)11-8-9-16-18(11)12-7-5-6-10-19-12/h8-9,12,17H,5-7,10H2,1-4H3. The lowest BCUT2D eigenvalue weighted by molar-refractivity contribution is -0.0378. The van der Waals surface area contributed by atoms with Crippen LogP contribution in [0.2, 0.25) is 0 Å². The van der Waals surface area contributed by atoms with Gasteiger partial charge in [0.1, 0.15) is 6.23 Å². The van der Waals surface area contributed by atoms with Gasteiger partial charge in [-0.05, 0) is 53.0 Å². The van der Waals surface area contributed by atoms with Gasteiger partial charge in [0.2, 0.25) is 0 Å². The van der Waals surface area contributed by atoms with E-state index in [1.54, 1.807) is 0 Å². The Balaban J connectivity index is 1.84. The molecule has 0 bridgehead atoms. The molecule has 0 spiro atoms. The van der Waals surface area contributed by atoms with Crippen molar-refractivity contribution in [3.8, 4) is 0 Å². The third kappa shape index (κ3) is 2.30. The van der Waals surface area contributed by atoms with Gasteiger partial charge in [-0.25, -0.2) is 4.68 Å².